The summed E-state index contributed by atoms with van der Waals surface area (Å²) in [7, 11) is 0. The van der Waals surface area contributed by atoms with E-state index in [2.05, 4.69) is 9.97 Å². The van der Waals surface area contributed by atoms with Crippen LogP contribution in [0, 0.1) is 0 Å². The minimum absolute atomic E-state index is 0.114. The van der Waals surface area contributed by atoms with Gasteiger partial charge in [0.2, 0.25) is 5.95 Å². The molecule has 2 N–H and O–H groups in total. The fourth-order valence-corrected chi connectivity index (χ4v) is 2.59. The molecule has 24 heavy (non-hydrogen) atoms. The summed E-state index contributed by atoms with van der Waals surface area (Å²) in [5.74, 6) is 0.114. The Bertz CT molecular complexity index is 928. The molecule has 7 heteroatoms. The van der Waals surface area contributed by atoms with Crippen molar-refractivity contribution in [1.29, 1.82) is 0 Å². The molecule has 0 spiro atoms. The molecule has 0 aliphatic rings. The van der Waals surface area contributed by atoms with Crippen LogP contribution in [0.3, 0.4) is 0 Å². The van der Waals surface area contributed by atoms with E-state index < -0.39 is 11.7 Å². The smallest absolute Gasteiger partial charge is 0.419 e. The van der Waals surface area contributed by atoms with Gasteiger partial charge in [0.1, 0.15) is 5.60 Å². The molecule has 3 aromatic rings. The number of ether oxygens (including phenoxy) is 1. The molecule has 0 aliphatic heterocycles. The number of fused-ring (bicyclic) bond motifs is 1. The summed E-state index contributed by atoms with van der Waals surface area (Å²) in [6.07, 6.45) is 2.63. The van der Waals surface area contributed by atoms with Gasteiger partial charge in [0.05, 0.1) is 22.4 Å². The van der Waals surface area contributed by atoms with E-state index in [-0.39, 0.29) is 5.95 Å². The van der Waals surface area contributed by atoms with E-state index in [0.717, 1.165) is 5.39 Å². The lowest BCUT2D eigenvalue weighted by Gasteiger charge is -2.19. The molecule has 1 aromatic carbocycles. The first-order chi connectivity index (χ1) is 11.3. The Morgan fingerprint density at radius 3 is 2.71 bits per heavy atom. The number of nitrogens with two attached hydrogens (primary N) is 1. The van der Waals surface area contributed by atoms with Gasteiger partial charge in [-0.05, 0) is 26.8 Å². The minimum atomic E-state index is -0.598. The molecule has 0 radical (unpaired) electrons. The lowest BCUT2D eigenvalue weighted by atomic mass is 10.1. The molecule has 0 saturated heterocycles. The van der Waals surface area contributed by atoms with Crippen molar-refractivity contribution in [3.05, 3.63) is 41.7 Å². The van der Waals surface area contributed by atoms with Crippen molar-refractivity contribution in [2.45, 2.75) is 26.4 Å². The molecule has 2 aromatic heterocycles. The highest BCUT2D eigenvalue weighted by Crippen LogP contribution is 2.34. The van der Waals surface area contributed by atoms with Crippen LogP contribution in [0.4, 0.5) is 10.7 Å². The number of carbonyl (C=O) groups excluding carboxylic acids is 1. The minimum Gasteiger partial charge on any atom is -0.443 e. The van der Waals surface area contributed by atoms with E-state index in [4.69, 9.17) is 22.1 Å². The number of benzene rings is 1. The standard InChI is InChI=1S/C17H17ClN4O2/c1-17(2,3)24-16(23)22-9-11(10-6-4-5-7-13(10)22)14-12(18)8-20-15(19)21-14/h4-9H,1-3H3,(H2,19,20,21). The van der Waals surface area contributed by atoms with Crippen molar-refractivity contribution < 1.29 is 9.53 Å². The maximum Gasteiger partial charge on any atom is 0.419 e. The molecule has 0 atom stereocenters. The maximum absolute atomic E-state index is 12.5. The first-order valence-corrected chi connectivity index (χ1v) is 7.76. The maximum atomic E-state index is 12.5. The second-order valence-corrected chi connectivity index (χ2v) is 6.74. The summed E-state index contributed by atoms with van der Waals surface area (Å²) in [5, 5.41) is 1.18. The average molecular weight is 345 g/mol. The SMILES string of the molecule is CC(C)(C)OC(=O)n1cc(-c2nc(N)ncc2Cl)c2ccccc21. The van der Waals surface area contributed by atoms with Gasteiger partial charge >= 0.3 is 6.09 Å². The van der Waals surface area contributed by atoms with Gasteiger partial charge in [0, 0.05) is 17.1 Å². The van der Waals surface area contributed by atoms with E-state index in [9.17, 15) is 4.79 Å². The number of rotatable bonds is 1. The van der Waals surface area contributed by atoms with Crippen molar-refractivity contribution in [2.75, 3.05) is 5.73 Å². The first kappa shape index (κ1) is 16.3. The van der Waals surface area contributed by atoms with Crippen LogP contribution in [-0.2, 0) is 4.74 Å². The zero-order valence-corrected chi connectivity index (χ0v) is 14.3. The van der Waals surface area contributed by atoms with Gasteiger partial charge < -0.3 is 10.5 Å². The van der Waals surface area contributed by atoms with Gasteiger partial charge in [-0.15, -0.1) is 0 Å². The van der Waals surface area contributed by atoms with E-state index in [1.807, 2.05) is 45.0 Å². The third-order valence-corrected chi connectivity index (χ3v) is 3.60. The van der Waals surface area contributed by atoms with Crippen LogP contribution in [-0.4, -0.2) is 26.2 Å². The van der Waals surface area contributed by atoms with Crippen LogP contribution in [0.2, 0.25) is 5.02 Å². The number of para-hydroxylation sites is 1. The Hall–Kier alpha value is -2.60. The van der Waals surface area contributed by atoms with Gasteiger partial charge in [0.25, 0.3) is 0 Å². The Balaban J connectivity index is 2.21. The van der Waals surface area contributed by atoms with Crippen LogP contribution < -0.4 is 5.73 Å². The summed E-state index contributed by atoms with van der Waals surface area (Å²) >= 11 is 6.22. The zero-order chi connectivity index (χ0) is 17.5. The topological polar surface area (TPSA) is 83.0 Å². The fourth-order valence-electron chi connectivity index (χ4n) is 2.40. The van der Waals surface area contributed by atoms with Crippen molar-refractivity contribution in [1.82, 2.24) is 14.5 Å². The zero-order valence-electron chi connectivity index (χ0n) is 13.6. The van der Waals surface area contributed by atoms with Gasteiger partial charge in [-0.25, -0.2) is 14.8 Å². The van der Waals surface area contributed by atoms with Gasteiger partial charge in [-0.3, -0.25) is 4.57 Å². The average Bonchev–Trinajstić information content (AvgIpc) is 2.88. The van der Waals surface area contributed by atoms with Crippen molar-refractivity contribution in [2.24, 2.45) is 0 Å². The van der Waals surface area contributed by atoms with Crippen LogP contribution in [0.15, 0.2) is 36.7 Å². The highest BCUT2D eigenvalue weighted by Gasteiger charge is 2.22. The van der Waals surface area contributed by atoms with Crippen LogP contribution in [0.25, 0.3) is 22.2 Å². The number of hydrogen-bond acceptors (Lipinski definition) is 5. The molecule has 6 nitrogen and oxygen atoms in total. The lowest BCUT2D eigenvalue weighted by molar-refractivity contribution is 0.0544. The Labute approximate surface area is 144 Å². The first-order valence-electron chi connectivity index (χ1n) is 7.38. The number of nitrogen functional groups attached to an aromatic ring is 1. The van der Waals surface area contributed by atoms with Gasteiger partial charge in [-0.2, -0.15) is 0 Å². The second kappa shape index (κ2) is 5.79. The molecule has 3 rings (SSSR count). The quantitative estimate of drug-likeness (QED) is 0.718. The molecular formula is C17H17ClN4O2. The molecule has 0 fully saturated rings. The normalized spacial score (nSPS) is 11.7. The number of aromatic nitrogens is 3. The van der Waals surface area contributed by atoms with Crippen LogP contribution in [0.1, 0.15) is 20.8 Å². The highest BCUT2D eigenvalue weighted by molar-refractivity contribution is 6.33. The largest absolute Gasteiger partial charge is 0.443 e. The Kier molecular flexibility index (Phi) is 3.93. The second-order valence-electron chi connectivity index (χ2n) is 6.34. The highest BCUT2D eigenvalue weighted by atomic mass is 35.5. The third kappa shape index (κ3) is 3.05. The summed E-state index contributed by atoms with van der Waals surface area (Å²) in [5.41, 5.74) is 6.95. The van der Waals surface area contributed by atoms with Crippen molar-refractivity contribution in [3.8, 4) is 11.3 Å². The monoisotopic (exact) mass is 344 g/mol. The molecule has 0 saturated carbocycles. The number of halogens is 1. The summed E-state index contributed by atoms with van der Waals surface area (Å²) in [4.78, 5) is 20.6. The van der Waals surface area contributed by atoms with E-state index in [0.29, 0.717) is 21.8 Å². The third-order valence-electron chi connectivity index (χ3n) is 3.32. The summed E-state index contributed by atoms with van der Waals surface area (Å²) < 4.78 is 6.92. The molecule has 0 amide bonds. The van der Waals surface area contributed by atoms with E-state index in [1.54, 1.807) is 6.20 Å². The number of nitrogens with zero attached hydrogens (tertiary/aromatic N) is 3. The van der Waals surface area contributed by atoms with Gasteiger partial charge in [0.15, 0.2) is 0 Å². The predicted octanol–water partition coefficient (Wildman–Crippen LogP) is 4.12. The molecular weight excluding hydrogens is 328 g/mol. The van der Waals surface area contributed by atoms with E-state index >= 15 is 0 Å². The molecule has 124 valence electrons. The number of carbonyl (C=O) groups is 1. The Morgan fingerprint density at radius 2 is 2.00 bits per heavy atom. The molecule has 0 unspecified atom stereocenters. The molecule has 0 aliphatic carbocycles. The Morgan fingerprint density at radius 1 is 1.29 bits per heavy atom. The molecule has 0 bridgehead atoms. The lowest BCUT2D eigenvalue weighted by Crippen LogP contribution is -2.26. The fraction of sp³-hybridized carbons (Fsp3) is 0.235. The van der Waals surface area contributed by atoms with E-state index in [1.165, 1.54) is 10.8 Å². The molecule has 2 heterocycles. The predicted molar refractivity (Wildman–Crippen MR) is 94.0 cm³/mol. The van der Waals surface area contributed by atoms with Crippen LogP contribution >= 0.6 is 11.6 Å². The summed E-state index contributed by atoms with van der Waals surface area (Å²) in [6, 6.07) is 7.45. The van der Waals surface area contributed by atoms with Gasteiger partial charge in [-0.1, -0.05) is 29.8 Å². The van der Waals surface area contributed by atoms with Crippen LogP contribution in [0.5, 0.6) is 0 Å². The van der Waals surface area contributed by atoms with Crippen molar-refractivity contribution >= 4 is 34.5 Å². The summed E-state index contributed by atoms with van der Waals surface area (Å²) in [6.45, 7) is 5.46. The number of hydrogen-bond donors (Lipinski definition) is 1. The van der Waals surface area contributed by atoms with Crippen molar-refractivity contribution in [3.63, 3.8) is 0 Å². The number of anilines is 1.